The molecule has 0 heterocycles. The number of amides is 1. The Morgan fingerprint density at radius 2 is 1.67 bits per heavy atom. The highest BCUT2D eigenvalue weighted by atomic mass is 35.5. The predicted molar refractivity (Wildman–Crippen MR) is 124 cm³/mol. The molecule has 172 valence electrons. The minimum absolute atomic E-state index is 0.0302. The molecule has 0 aromatic heterocycles. The summed E-state index contributed by atoms with van der Waals surface area (Å²) in [6.45, 7) is 0. The van der Waals surface area contributed by atoms with Crippen molar-refractivity contribution in [3.8, 4) is 11.5 Å². The Kier molecular flexibility index (Phi) is 6.86. The molecule has 1 aliphatic carbocycles. The molecule has 5 nitrogen and oxygen atoms in total. The third kappa shape index (κ3) is 5.29. The van der Waals surface area contributed by atoms with Gasteiger partial charge in [-0.3, -0.25) is 4.79 Å². The maximum Gasteiger partial charge on any atom is 0.255 e. The van der Waals surface area contributed by atoms with E-state index in [4.69, 9.17) is 11.6 Å². The van der Waals surface area contributed by atoms with Gasteiger partial charge >= 0.3 is 0 Å². The smallest absolute Gasteiger partial charge is 0.255 e. The third-order valence-electron chi connectivity index (χ3n) is 6.07. The van der Waals surface area contributed by atoms with Crippen LogP contribution < -0.4 is 5.32 Å². The van der Waals surface area contributed by atoms with Crippen LogP contribution in [-0.2, 0) is 19.3 Å². The molecule has 0 radical (unpaired) electrons. The fraction of sp³-hybridized carbons (Fsp3) is 0.269. The molecule has 1 fully saturated rings. The van der Waals surface area contributed by atoms with E-state index in [9.17, 15) is 24.5 Å². The number of aryl methyl sites for hydroxylation is 1. The normalized spacial score (nSPS) is 17.4. The highest BCUT2D eigenvalue weighted by molar-refractivity contribution is 6.33. The maximum atomic E-state index is 13.2. The number of aliphatic hydroxyl groups excluding tert-OH is 1. The van der Waals surface area contributed by atoms with Gasteiger partial charge in [0.05, 0.1) is 16.7 Å². The van der Waals surface area contributed by atoms with Crippen molar-refractivity contribution in [3.63, 3.8) is 0 Å². The van der Waals surface area contributed by atoms with E-state index in [0.29, 0.717) is 37.7 Å². The molecule has 1 aliphatic rings. The van der Waals surface area contributed by atoms with Crippen LogP contribution in [0.1, 0.15) is 45.5 Å². The number of hydrogen-bond donors (Lipinski definition) is 4. The van der Waals surface area contributed by atoms with Crippen molar-refractivity contribution in [2.24, 2.45) is 0 Å². The topological polar surface area (TPSA) is 89.8 Å². The fourth-order valence-electron chi connectivity index (χ4n) is 4.19. The second-order valence-corrected chi connectivity index (χ2v) is 8.83. The number of benzene rings is 3. The third-order valence-corrected chi connectivity index (χ3v) is 6.49. The van der Waals surface area contributed by atoms with Gasteiger partial charge in [0.1, 0.15) is 17.3 Å². The molecule has 0 unspecified atom stereocenters. The Hall–Kier alpha value is -3.09. The Balaban J connectivity index is 1.57. The molecule has 1 saturated carbocycles. The standard InChI is InChI=1S/C26H25ClFNO4/c27-25-21(24(22(31)14-23(25)32)26(33)29-19-12-20(30)13-19)10-7-16-3-1-2-4-17(16)11-15-5-8-18(28)9-6-15/h1-6,8-9,14,19-20,30-32H,7,10-13H2,(H,29,33). The van der Waals surface area contributed by atoms with Crippen LogP contribution in [0.15, 0.2) is 54.6 Å². The number of halogens is 2. The Labute approximate surface area is 196 Å². The molecular weight excluding hydrogens is 445 g/mol. The first-order valence-electron chi connectivity index (χ1n) is 10.8. The zero-order valence-corrected chi connectivity index (χ0v) is 18.6. The molecule has 3 aromatic carbocycles. The van der Waals surface area contributed by atoms with Gasteiger partial charge in [0.15, 0.2) is 0 Å². The maximum absolute atomic E-state index is 13.2. The highest BCUT2D eigenvalue weighted by Crippen LogP contribution is 2.37. The summed E-state index contributed by atoms with van der Waals surface area (Å²) in [7, 11) is 0. The van der Waals surface area contributed by atoms with Crippen LogP contribution in [0.4, 0.5) is 4.39 Å². The van der Waals surface area contributed by atoms with E-state index in [1.807, 2.05) is 24.3 Å². The van der Waals surface area contributed by atoms with E-state index >= 15 is 0 Å². The largest absolute Gasteiger partial charge is 0.507 e. The summed E-state index contributed by atoms with van der Waals surface area (Å²) in [5.74, 6) is -1.41. The van der Waals surface area contributed by atoms with Crippen LogP contribution in [0.2, 0.25) is 5.02 Å². The van der Waals surface area contributed by atoms with Crippen LogP contribution >= 0.6 is 11.6 Å². The van der Waals surface area contributed by atoms with E-state index in [1.54, 1.807) is 12.1 Å². The van der Waals surface area contributed by atoms with Crippen LogP contribution in [0.5, 0.6) is 11.5 Å². The van der Waals surface area contributed by atoms with Crippen molar-refractivity contribution in [3.05, 3.63) is 93.3 Å². The minimum atomic E-state index is -0.485. The number of phenolic OH excluding ortho intramolecular Hbond substituents is 2. The minimum Gasteiger partial charge on any atom is -0.507 e. The number of aliphatic hydroxyl groups is 1. The second-order valence-electron chi connectivity index (χ2n) is 8.45. The zero-order valence-electron chi connectivity index (χ0n) is 17.9. The monoisotopic (exact) mass is 469 g/mol. The highest BCUT2D eigenvalue weighted by Gasteiger charge is 2.31. The summed E-state index contributed by atoms with van der Waals surface area (Å²) in [6, 6.07) is 15.1. The van der Waals surface area contributed by atoms with Gasteiger partial charge in [-0.2, -0.15) is 0 Å². The van der Waals surface area contributed by atoms with Gasteiger partial charge in [-0.15, -0.1) is 0 Å². The Morgan fingerprint density at radius 3 is 2.33 bits per heavy atom. The van der Waals surface area contributed by atoms with Crippen molar-refractivity contribution in [2.45, 2.75) is 44.2 Å². The number of nitrogens with one attached hydrogen (secondary N) is 1. The lowest BCUT2D eigenvalue weighted by molar-refractivity contribution is 0.0561. The quantitative estimate of drug-likeness (QED) is 0.409. The molecule has 0 aliphatic heterocycles. The first-order valence-corrected chi connectivity index (χ1v) is 11.2. The van der Waals surface area contributed by atoms with Gasteiger partial charge in [0.2, 0.25) is 0 Å². The molecule has 0 bridgehead atoms. The fourth-order valence-corrected chi connectivity index (χ4v) is 4.43. The van der Waals surface area contributed by atoms with E-state index in [2.05, 4.69) is 5.32 Å². The molecule has 4 N–H and O–H groups in total. The van der Waals surface area contributed by atoms with Gasteiger partial charge in [-0.25, -0.2) is 4.39 Å². The molecule has 1 amide bonds. The first kappa shape index (κ1) is 23.1. The van der Waals surface area contributed by atoms with Crippen LogP contribution in [0.25, 0.3) is 0 Å². The van der Waals surface area contributed by atoms with Crippen molar-refractivity contribution < 1.29 is 24.5 Å². The van der Waals surface area contributed by atoms with Gasteiger partial charge in [-0.1, -0.05) is 48.0 Å². The molecule has 7 heteroatoms. The van der Waals surface area contributed by atoms with Gasteiger partial charge < -0.3 is 20.6 Å². The molecular formula is C26H25ClFNO4. The van der Waals surface area contributed by atoms with Gasteiger partial charge in [0, 0.05) is 12.1 Å². The lowest BCUT2D eigenvalue weighted by Gasteiger charge is -2.32. The SMILES string of the molecule is O=C(NC1CC(O)C1)c1c(O)cc(O)c(Cl)c1CCc1ccccc1Cc1ccc(F)cc1. The number of phenols is 2. The lowest BCUT2D eigenvalue weighted by Crippen LogP contribution is -2.46. The predicted octanol–water partition coefficient (Wildman–Crippen LogP) is 4.52. The van der Waals surface area contributed by atoms with Crippen molar-refractivity contribution in [1.29, 1.82) is 0 Å². The average molecular weight is 470 g/mol. The summed E-state index contributed by atoms with van der Waals surface area (Å²) >= 11 is 6.36. The lowest BCUT2D eigenvalue weighted by atomic mass is 9.88. The summed E-state index contributed by atoms with van der Waals surface area (Å²) in [5.41, 5.74) is 3.45. The number of aromatic hydroxyl groups is 2. The second kappa shape index (κ2) is 9.81. The number of carbonyl (C=O) groups is 1. The van der Waals surface area contributed by atoms with Crippen molar-refractivity contribution in [2.75, 3.05) is 0 Å². The number of rotatable bonds is 7. The summed E-state index contributed by atoms with van der Waals surface area (Å²) in [6.07, 6.45) is 1.95. The molecule has 33 heavy (non-hydrogen) atoms. The Bertz CT molecular complexity index is 1160. The van der Waals surface area contributed by atoms with Crippen molar-refractivity contribution in [1.82, 2.24) is 5.32 Å². The van der Waals surface area contributed by atoms with Crippen LogP contribution in [0.3, 0.4) is 0 Å². The molecule has 4 rings (SSSR count). The van der Waals surface area contributed by atoms with E-state index < -0.39 is 12.0 Å². The Morgan fingerprint density at radius 1 is 1.00 bits per heavy atom. The molecule has 0 atom stereocenters. The van der Waals surface area contributed by atoms with Crippen LogP contribution in [0, 0.1) is 5.82 Å². The number of carbonyl (C=O) groups excluding carboxylic acids is 1. The molecule has 3 aromatic rings. The van der Waals surface area contributed by atoms with E-state index in [0.717, 1.165) is 22.8 Å². The van der Waals surface area contributed by atoms with Gasteiger partial charge in [0.25, 0.3) is 5.91 Å². The average Bonchev–Trinajstić information content (AvgIpc) is 2.76. The summed E-state index contributed by atoms with van der Waals surface area (Å²) in [4.78, 5) is 12.9. The van der Waals surface area contributed by atoms with E-state index in [-0.39, 0.29) is 33.9 Å². The first-order chi connectivity index (χ1) is 15.8. The molecule has 0 spiro atoms. The number of hydrogen-bond acceptors (Lipinski definition) is 4. The zero-order chi connectivity index (χ0) is 23.5. The summed E-state index contributed by atoms with van der Waals surface area (Å²) < 4.78 is 13.2. The van der Waals surface area contributed by atoms with Gasteiger partial charge in [-0.05, 0) is 66.5 Å². The van der Waals surface area contributed by atoms with Crippen LogP contribution in [-0.4, -0.2) is 33.4 Å². The summed E-state index contributed by atoms with van der Waals surface area (Å²) in [5, 5.41) is 32.9. The molecule has 0 saturated heterocycles. The van der Waals surface area contributed by atoms with Crippen molar-refractivity contribution >= 4 is 17.5 Å². The van der Waals surface area contributed by atoms with E-state index in [1.165, 1.54) is 12.1 Å².